The first-order valence-electron chi connectivity index (χ1n) is 12.7. The smallest absolute Gasteiger partial charge is 0.164 e. The van der Waals surface area contributed by atoms with Crippen LogP contribution in [0.1, 0.15) is 50.6 Å². The molecule has 0 spiro atoms. The minimum atomic E-state index is 0.247. The zero-order valence-electron chi connectivity index (χ0n) is 22.0. The molecular formula is C30H34ClN3O2. The van der Waals surface area contributed by atoms with Gasteiger partial charge in [-0.05, 0) is 73.4 Å². The second-order valence-electron chi connectivity index (χ2n) is 10.4. The van der Waals surface area contributed by atoms with E-state index in [1.165, 1.54) is 11.3 Å². The minimum absolute atomic E-state index is 0.247. The summed E-state index contributed by atoms with van der Waals surface area (Å²) in [5.41, 5.74) is 8.57. The molecule has 0 saturated heterocycles. The monoisotopic (exact) mass is 503 g/mol. The van der Waals surface area contributed by atoms with Crippen LogP contribution in [0.4, 0.5) is 0 Å². The lowest BCUT2D eigenvalue weighted by Gasteiger charge is -2.37. The highest BCUT2D eigenvalue weighted by molar-refractivity contribution is 6.30. The van der Waals surface area contributed by atoms with E-state index in [-0.39, 0.29) is 5.41 Å². The molecule has 0 fully saturated rings. The van der Waals surface area contributed by atoms with Gasteiger partial charge in [-0.1, -0.05) is 50.9 Å². The third-order valence-corrected chi connectivity index (χ3v) is 8.39. The average molecular weight is 504 g/mol. The molecule has 0 radical (unpaired) electrons. The van der Waals surface area contributed by atoms with Crippen LogP contribution in [-0.4, -0.2) is 28.8 Å². The lowest BCUT2D eigenvalue weighted by atomic mass is 9.68. The summed E-state index contributed by atoms with van der Waals surface area (Å²) in [5, 5.41) is 5.72. The van der Waals surface area contributed by atoms with E-state index in [9.17, 15) is 0 Å². The van der Waals surface area contributed by atoms with Crippen molar-refractivity contribution in [3.8, 4) is 33.9 Å². The van der Waals surface area contributed by atoms with Crippen LogP contribution < -0.4 is 9.47 Å². The van der Waals surface area contributed by atoms with Crippen molar-refractivity contribution in [1.82, 2.24) is 14.6 Å². The van der Waals surface area contributed by atoms with Gasteiger partial charge in [0.1, 0.15) is 11.5 Å². The SMILES string of the molecule is CCC(C)(C)[C@@H]1CCc2c(c(-c3cc(OC)ccc3OC)nc3c(-c4ccc(Cl)cc4)c(C)nn23)C1. The zero-order chi connectivity index (χ0) is 25.6. The van der Waals surface area contributed by atoms with Crippen LogP contribution >= 0.6 is 11.6 Å². The maximum atomic E-state index is 6.19. The van der Waals surface area contributed by atoms with Gasteiger partial charge in [-0.25, -0.2) is 9.50 Å². The Balaban J connectivity index is 1.82. The van der Waals surface area contributed by atoms with Gasteiger partial charge in [0.05, 0.1) is 25.6 Å². The number of hydrogen-bond donors (Lipinski definition) is 0. The number of rotatable bonds is 6. The number of hydrogen-bond acceptors (Lipinski definition) is 4. The Kier molecular flexibility index (Phi) is 6.46. The molecule has 36 heavy (non-hydrogen) atoms. The van der Waals surface area contributed by atoms with Crippen LogP contribution in [0.3, 0.4) is 0 Å². The van der Waals surface area contributed by atoms with Crippen LogP contribution in [0, 0.1) is 18.3 Å². The van der Waals surface area contributed by atoms with Gasteiger partial charge in [0.15, 0.2) is 5.65 Å². The van der Waals surface area contributed by atoms with E-state index in [1.807, 2.05) is 42.5 Å². The normalized spacial score (nSPS) is 15.7. The Labute approximate surface area is 218 Å². The van der Waals surface area contributed by atoms with E-state index in [1.54, 1.807) is 14.2 Å². The van der Waals surface area contributed by atoms with Gasteiger partial charge in [-0.2, -0.15) is 5.10 Å². The van der Waals surface area contributed by atoms with Gasteiger partial charge in [-0.15, -0.1) is 0 Å². The van der Waals surface area contributed by atoms with Crippen molar-refractivity contribution >= 4 is 17.2 Å². The molecule has 188 valence electrons. The summed E-state index contributed by atoms with van der Waals surface area (Å²) >= 11 is 6.19. The largest absolute Gasteiger partial charge is 0.497 e. The fourth-order valence-corrected chi connectivity index (χ4v) is 5.63. The Morgan fingerprint density at radius 2 is 1.83 bits per heavy atom. The third-order valence-electron chi connectivity index (χ3n) is 8.13. The summed E-state index contributed by atoms with van der Waals surface area (Å²) in [4.78, 5) is 5.34. The summed E-state index contributed by atoms with van der Waals surface area (Å²) in [6, 6.07) is 13.8. The molecule has 2 aromatic heterocycles. The van der Waals surface area contributed by atoms with Crippen LogP contribution in [0.2, 0.25) is 5.02 Å². The molecule has 0 unspecified atom stereocenters. The van der Waals surface area contributed by atoms with Crippen molar-refractivity contribution in [3.05, 3.63) is 64.4 Å². The minimum Gasteiger partial charge on any atom is -0.497 e. The first kappa shape index (κ1) is 24.6. The fraction of sp³-hybridized carbons (Fsp3) is 0.400. The maximum Gasteiger partial charge on any atom is 0.164 e. The molecule has 5 nitrogen and oxygen atoms in total. The van der Waals surface area contributed by atoms with Crippen molar-refractivity contribution < 1.29 is 9.47 Å². The van der Waals surface area contributed by atoms with Crippen LogP contribution in [0.15, 0.2) is 42.5 Å². The molecule has 0 amide bonds. The first-order valence-corrected chi connectivity index (χ1v) is 13.0. The molecule has 6 heteroatoms. The van der Waals surface area contributed by atoms with E-state index < -0.39 is 0 Å². The van der Waals surface area contributed by atoms with E-state index in [0.29, 0.717) is 10.9 Å². The van der Waals surface area contributed by atoms with E-state index >= 15 is 0 Å². The third kappa shape index (κ3) is 4.13. The van der Waals surface area contributed by atoms with Crippen molar-refractivity contribution in [2.24, 2.45) is 11.3 Å². The topological polar surface area (TPSA) is 48.7 Å². The summed E-state index contributed by atoms with van der Waals surface area (Å²) in [5.74, 6) is 2.14. The molecule has 1 atom stereocenters. The van der Waals surface area contributed by atoms with Crippen LogP contribution in [-0.2, 0) is 12.8 Å². The molecule has 2 aromatic carbocycles. The number of nitrogens with zero attached hydrogens (tertiary/aromatic N) is 3. The second-order valence-corrected chi connectivity index (χ2v) is 10.9. The summed E-state index contributed by atoms with van der Waals surface area (Å²) in [6.07, 6.45) is 4.20. The molecule has 0 aliphatic heterocycles. The quantitative estimate of drug-likeness (QED) is 0.272. The summed E-state index contributed by atoms with van der Waals surface area (Å²) < 4.78 is 13.5. The Hall–Kier alpha value is -3.05. The average Bonchev–Trinajstić information content (AvgIpc) is 3.23. The predicted octanol–water partition coefficient (Wildman–Crippen LogP) is 7.58. The van der Waals surface area contributed by atoms with Gasteiger partial charge in [0.2, 0.25) is 0 Å². The van der Waals surface area contributed by atoms with Gasteiger partial charge in [0.25, 0.3) is 0 Å². The molecule has 4 aromatic rings. The number of aromatic nitrogens is 3. The zero-order valence-corrected chi connectivity index (χ0v) is 22.7. The lowest BCUT2D eigenvalue weighted by molar-refractivity contribution is 0.181. The molecule has 1 aliphatic carbocycles. The van der Waals surface area contributed by atoms with Crippen molar-refractivity contribution in [2.45, 2.75) is 53.4 Å². The van der Waals surface area contributed by atoms with Gasteiger partial charge >= 0.3 is 0 Å². The molecule has 2 heterocycles. The van der Waals surface area contributed by atoms with E-state index in [2.05, 4.69) is 32.2 Å². The van der Waals surface area contributed by atoms with Crippen LogP contribution in [0.5, 0.6) is 11.5 Å². The predicted molar refractivity (Wildman–Crippen MR) is 146 cm³/mol. The maximum absolute atomic E-state index is 6.19. The Morgan fingerprint density at radius 1 is 1.08 bits per heavy atom. The Morgan fingerprint density at radius 3 is 2.50 bits per heavy atom. The van der Waals surface area contributed by atoms with Gasteiger partial charge in [0, 0.05) is 27.4 Å². The van der Waals surface area contributed by atoms with Crippen molar-refractivity contribution in [1.29, 1.82) is 0 Å². The highest BCUT2D eigenvalue weighted by Crippen LogP contribution is 2.45. The summed E-state index contributed by atoms with van der Waals surface area (Å²) in [7, 11) is 3.40. The number of fused-ring (bicyclic) bond motifs is 3. The lowest BCUT2D eigenvalue weighted by Crippen LogP contribution is -2.30. The molecule has 0 bridgehead atoms. The number of aryl methyl sites for hydroxylation is 2. The van der Waals surface area contributed by atoms with E-state index in [0.717, 1.165) is 70.9 Å². The highest BCUT2D eigenvalue weighted by atomic mass is 35.5. The molecule has 0 saturated carbocycles. The molecule has 5 rings (SSSR count). The number of methoxy groups -OCH3 is 2. The summed E-state index contributed by atoms with van der Waals surface area (Å²) in [6.45, 7) is 9.12. The van der Waals surface area contributed by atoms with Crippen molar-refractivity contribution in [3.63, 3.8) is 0 Å². The number of halogens is 1. The Bertz CT molecular complexity index is 1420. The molecule has 1 aliphatic rings. The number of benzene rings is 2. The number of ether oxygens (including phenoxy) is 2. The molecular weight excluding hydrogens is 470 g/mol. The molecule has 0 N–H and O–H groups in total. The highest BCUT2D eigenvalue weighted by Gasteiger charge is 2.35. The fourth-order valence-electron chi connectivity index (χ4n) is 5.51. The standard InChI is InChI=1S/C30H34ClN3O2/c1-7-30(3,4)20-10-14-25-23(16-20)28(24-17-22(35-5)13-15-26(24)36-6)32-29-27(18(2)33-34(25)29)19-8-11-21(31)12-9-19/h8-9,11-13,15,17,20H,7,10,14,16H2,1-6H3/t20-/m1/s1. The van der Waals surface area contributed by atoms with E-state index in [4.69, 9.17) is 31.2 Å². The van der Waals surface area contributed by atoms with Crippen LogP contribution in [0.25, 0.3) is 28.0 Å². The second kappa shape index (κ2) is 9.44. The van der Waals surface area contributed by atoms with Gasteiger partial charge in [-0.3, -0.25) is 0 Å². The van der Waals surface area contributed by atoms with Gasteiger partial charge < -0.3 is 9.47 Å². The first-order chi connectivity index (χ1) is 17.3. The van der Waals surface area contributed by atoms with Crippen molar-refractivity contribution in [2.75, 3.05) is 14.2 Å².